The third kappa shape index (κ3) is 6.03. The quantitative estimate of drug-likeness (QED) is 0.676. The summed E-state index contributed by atoms with van der Waals surface area (Å²) in [5.41, 5.74) is 4.13. The smallest absolute Gasteiger partial charge is 0.299 e. The van der Waals surface area contributed by atoms with Gasteiger partial charge in [-0.3, -0.25) is 9.59 Å². The lowest BCUT2D eigenvalue weighted by Gasteiger charge is -2.09. The maximum Gasteiger partial charge on any atom is 0.299 e. The van der Waals surface area contributed by atoms with Crippen LogP contribution in [-0.2, 0) is 4.79 Å². The Kier molecular flexibility index (Phi) is 6.73. The number of aromatic nitrogens is 2. The Morgan fingerprint density at radius 1 is 1.20 bits per heavy atom. The molecule has 1 aliphatic rings. The molecule has 0 radical (unpaired) electrons. The molecule has 0 bridgehead atoms. The molecule has 2 heterocycles. The van der Waals surface area contributed by atoms with Crippen molar-refractivity contribution in [2.75, 3.05) is 22.6 Å². The molecule has 0 saturated carbocycles. The summed E-state index contributed by atoms with van der Waals surface area (Å²) in [6.45, 7) is 0. The van der Waals surface area contributed by atoms with Gasteiger partial charge in [0.1, 0.15) is 0 Å². The van der Waals surface area contributed by atoms with E-state index in [-0.39, 0.29) is 16.9 Å². The first-order chi connectivity index (χ1) is 12.2. The van der Waals surface area contributed by atoms with Gasteiger partial charge >= 0.3 is 0 Å². The molecule has 0 atom stereocenters. The van der Waals surface area contributed by atoms with Gasteiger partial charge in [-0.25, -0.2) is 5.43 Å². The normalized spacial score (nSPS) is 13.9. The molecule has 2 N–H and O–H groups in total. The number of carbonyl (C=O) groups is 2. The maximum absolute atomic E-state index is 11.9. The van der Waals surface area contributed by atoms with Crippen molar-refractivity contribution in [1.29, 1.82) is 0 Å². The Morgan fingerprint density at radius 3 is 2.68 bits per heavy atom. The van der Waals surface area contributed by atoms with E-state index in [4.69, 9.17) is 0 Å². The number of hydrogen-bond donors (Lipinski definition) is 2. The lowest BCUT2D eigenvalue weighted by atomic mass is 10.3. The molecular formula is C14H13N5O2S4. The van der Waals surface area contributed by atoms with E-state index in [9.17, 15) is 9.59 Å². The number of hydrogen-bond acceptors (Lipinski definition) is 9. The highest BCUT2D eigenvalue weighted by Crippen LogP contribution is 2.29. The van der Waals surface area contributed by atoms with Crippen LogP contribution in [0.5, 0.6) is 0 Å². The molecule has 25 heavy (non-hydrogen) atoms. The first kappa shape index (κ1) is 18.2. The molecule has 2 aromatic rings. The van der Waals surface area contributed by atoms with Crippen molar-refractivity contribution in [3.8, 4) is 0 Å². The molecule has 0 spiro atoms. The van der Waals surface area contributed by atoms with Crippen LogP contribution in [0.3, 0.4) is 0 Å². The van der Waals surface area contributed by atoms with E-state index < -0.39 is 0 Å². The van der Waals surface area contributed by atoms with Gasteiger partial charge in [-0.2, -0.15) is 5.10 Å². The summed E-state index contributed by atoms with van der Waals surface area (Å²) in [5, 5.41) is 14.9. The van der Waals surface area contributed by atoms with Crippen molar-refractivity contribution < 1.29 is 9.59 Å². The highest BCUT2D eigenvalue weighted by Gasteiger charge is 2.14. The first-order valence-electron chi connectivity index (χ1n) is 7.11. The summed E-state index contributed by atoms with van der Waals surface area (Å²) in [6, 6.07) is 9.33. The third-order valence-electron chi connectivity index (χ3n) is 2.81. The summed E-state index contributed by atoms with van der Waals surface area (Å²) < 4.78 is 1.56. The number of carbonyl (C=O) groups excluding carboxylic acids is 2. The zero-order valence-electron chi connectivity index (χ0n) is 12.8. The topological polar surface area (TPSA) is 96.3 Å². The predicted octanol–water partition coefficient (Wildman–Crippen LogP) is 3.17. The van der Waals surface area contributed by atoms with Gasteiger partial charge in [-0.15, -0.1) is 10.2 Å². The molecule has 0 fully saturated rings. The highest BCUT2D eigenvalue weighted by atomic mass is 32.2. The number of para-hydroxylation sites is 1. The van der Waals surface area contributed by atoms with E-state index in [2.05, 4.69) is 26.0 Å². The average molecular weight is 412 g/mol. The molecule has 1 aromatic carbocycles. The van der Waals surface area contributed by atoms with Crippen LogP contribution >= 0.6 is 46.6 Å². The van der Waals surface area contributed by atoms with Gasteiger partial charge in [0, 0.05) is 17.2 Å². The molecule has 0 unspecified atom stereocenters. The van der Waals surface area contributed by atoms with E-state index in [1.165, 1.54) is 46.6 Å². The van der Waals surface area contributed by atoms with Crippen molar-refractivity contribution in [2.45, 2.75) is 8.68 Å². The fourth-order valence-electron chi connectivity index (χ4n) is 1.72. The average Bonchev–Trinajstić information content (AvgIpc) is 3.08. The summed E-state index contributed by atoms with van der Waals surface area (Å²) in [4.78, 5) is 22.9. The van der Waals surface area contributed by atoms with Crippen molar-refractivity contribution in [3.05, 3.63) is 30.3 Å². The summed E-state index contributed by atoms with van der Waals surface area (Å²) >= 11 is 5.53. The Balaban J connectivity index is 1.42. The molecule has 0 saturated heterocycles. The number of hydrazone groups is 1. The molecule has 1 aliphatic heterocycles. The summed E-state index contributed by atoms with van der Waals surface area (Å²) in [7, 11) is 0. The van der Waals surface area contributed by atoms with Gasteiger partial charge in [0.05, 0.1) is 11.5 Å². The minimum Gasteiger partial charge on any atom is -0.325 e. The Bertz CT molecular complexity index is 781. The van der Waals surface area contributed by atoms with E-state index in [1.54, 1.807) is 0 Å². The second-order valence-corrected chi connectivity index (χ2v) is 9.06. The van der Waals surface area contributed by atoms with Crippen LogP contribution in [0, 0.1) is 0 Å². The number of anilines is 1. The van der Waals surface area contributed by atoms with E-state index in [0.717, 1.165) is 20.1 Å². The molecule has 1 aromatic heterocycles. The van der Waals surface area contributed by atoms with Gasteiger partial charge in [-0.05, 0) is 12.1 Å². The van der Waals surface area contributed by atoms with Crippen molar-refractivity contribution >= 4 is 69.2 Å². The number of benzene rings is 1. The van der Waals surface area contributed by atoms with Gasteiger partial charge in [0.15, 0.2) is 8.68 Å². The van der Waals surface area contributed by atoms with Crippen molar-refractivity contribution in [2.24, 2.45) is 5.10 Å². The van der Waals surface area contributed by atoms with Crippen molar-refractivity contribution in [1.82, 2.24) is 15.6 Å². The van der Waals surface area contributed by atoms with Crippen LogP contribution in [0.1, 0.15) is 0 Å². The summed E-state index contributed by atoms with van der Waals surface area (Å²) in [6.07, 6.45) is 0. The molecule has 3 rings (SSSR count). The SMILES string of the molecule is O=C(CSc1nnc(SCC2=NNC(=O)SC2)s1)Nc1ccccc1. The van der Waals surface area contributed by atoms with Gasteiger partial charge in [-0.1, -0.05) is 64.8 Å². The number of nitrogens with zero attached hydrogens (tertiary/aromatic N) is 3. The van der Waals surface area contributed by atoms with Crippen LogP contribution in [0.25, 0.3) is 0 Å². The fraction of sp³-hybridized carbons (Fsp3) is 0.214. The van der Waals surface area contributed by atoms with Crippen LogP contribution in [0.15, 0.2) is 44.1 Å². The van der Waals surface area contributed by atoms with Crippen LogP contribution in [-0.4, -0.2) is 44.3 Å². The van der Waals surface area contributed by atoms with E-state index >= 15 is 0 Å². The molecule has 2 amide bonds. The monoisotopic (exact) mass is 411 g/mol. The van der Waals surface area contributed by atoms with Crippen LogP contribution < -0.4 is 10.7 Å². The Morgan fingerprint density at radius 2 is 1.96 bits per heavy atom. The third-order valence-corrected chi connectivity index (χ3v) is 6.90. The first-order valence-corrected chi connectivity index (χ1v) is 10.9. The molecular weight excluding hydrogens is 398 g/mol. The highest BCUT2D eigenvalue weighted by molar-refractivity contribution is 8.14. The molecule has 7 nitrogen and oxygen atoms in total. The van der Waals surface area contributed by atoms with E-state index in [0.29, 0.717) is 11.5 Å². The van der Waals surface area contributed by atoms with Crippen LogP contribution in [0.2, 0.25) is 0 Å². The maximum atomic E-state index is 11.9. The second-order valence-electron chi connectivity index (χ2n) is 4.69. The zero-order valence-corrected chi connectivity index (χ0v) is 16.1. The Labute approximate surface area is 160 Å². The minimum atomic E-state index is -0.128. The van der Waals surface area contributed by atoms with Gasteiger partial charge < -0.3 is 5.32 Å². The summed E-state index contributed by atoms with van der Waals surface area (Å²) in [5.74, 6) is 1.45. The van der Waals surface area contributed by atoms with Crippen LogP contribution in [0.4, 0.5) is 10.5 Å². The minimum absolute atomic E-state index is 0.0788. The molecule has 11 heteroatoms. The lowest BCUT2D eigenvalue weighted by molar-refractivity contribution is -0.113. The Hall–Kier alpha value is -1.56. The predicted molar refractivity (Wildman–Crippen MR) is 105 cm³/mol. The number of thioether (sulfide) groups is 3. The fourth-order valence-corrected chi connectivity index (χ4v) is 5.17. The number of rotatable bonds is 7. The van der Waals surface area contributed by atoms with E-state index in [1.807, 2.05) is 30.3 Å². The molecule has 130 valence electrons. The van der Waals surface area contributed by atoms with Gasteiger partial charge in [0.2, 0.25) is 5.91 Å². The number of nitrogens with one attached hydrogen (secondary N) is 2. The standard InChI is InChI=1S/C14H13N5O2S4/c20-11(15-9-4-2-1-3-5-9)8-24-14-19-18-13(25-14)23-7-10-6-22-12(21)17-16-10/h1-5H,6-8H2,(H,15,20)(H,17,21). The van der Waals surface area contributed by atoms with Crippen molar-refractivity contribution in [3.63, 3.8) is 0 Å². The van der Waals surface area contributed by atoms with Gasteiger partial charge in [0.25, 0.3) is 5.24 Å². The second kappa shape index (κ2) is 9.22. The zero-order chi connectivity index (χ0) is 17.5. The lowest BCUT2D eigenvalue weighted by Crippen LogP contribution is -2.24. The largest absolute Gasteiger partial charge is 0.325 e. The molecule has 0 aliphatic carbocycles. The number of amides is 2.